The number of aliphatic carboxylic acids is 1. The van der Waals surface area contributed by atoms with E-state index in [1.54, 1.807) is 13.0 Å². The number of ether oxygens (including phenoxy) is 1. The third kappa shape index (κ3) is 14.4. The lowest BCUT2D eigenvalue weighted by Crippen LogP contribution is -1.99. The molecule has 0 saturated carbocycles. The largest absolute Gasteiger partial charge is 0.478 e. The van der Waals surface area contributed by atoms with Gasteiger partial charge in [0.2, 0.25) is 0 Å². The average molecular weight is 242 g/mol. The Hall–Kier alpha value is -1.58. The van der Waals surface area contributed by atoms with Gasteiger partial charge in [0.05, 0.1) is 6.61 Å². The van der Waals surface area contributed by atoms with Crippen LogP contribution < -0.4 is 0 Å². The number of esters is 1. The van der Waals surface area contributed by atoms with Gasteiger partial charge in [-0.1, -0.05) is 33.4 Å². The topological polar surface area (TPSA) is 63.6 Å². The summed E-state index contributed by atoms with van der Waals surface area (Å²) in [5.74, 6) is -0.850. The van der Waals surface area contributed by atoms with E-state index < -0.39 is 5.97 Å². The molecule has 0 unspecified atom stereocenters. The summed E-state index contributed by atoms with van der Waals surface area (Å²) in [7, 11) is 0. The quantitative estimate of drug-likeness (QED) is 0.594. The average Bonchev–Trinajstić information content (AvgIpc) is 2.25. The van der Waals surface area contributed by atoms with Crippen LogP contribution in [0.5, 0.6) is 0 Å². The first-order chi connectivity index (χ1) is 7.84. The van der Waals surface area contributed by atoms with Gasteiger partial charge in [-0.05, 0) is 19.3 Å². The van der Waals surface area contributed by atoms with E-state index in [0.29, 0.717) is 18.1 Å². The number of hydrogen-bond acceptors (Lipinski definition) is 3. The van der Waals surface area contributed by atoms with Crippen molar-refractivity contribution in [2.45, 2.75) is 34.1 Å². The fourth-order valence-corrected chi connectivity index (χ4v) is 0.833. The van der Waals surface area contributed by atoms with E-state index in [1.807, 2.05) is 20.8 Å². The maximum absolute atomic E-state index is 10.2. The SMILES string of the molecule is C=CC(=O)OCCC.CC(=CC(C)C)C(=O)O. The Balaban J connectivity index is 0. The lowest BCUT2D eigenvalue weighted by molar-refractivity contribution is -0.137. The molecule has 1 N–H and O–H groups in total. The van der Waals surface area contributed by atoms with Crippen LogP contribution >= 0.6 is 0 Å². The maximum atomic E-state index is 10.2. The summed E-state index contributed by atoms with van der Waals surface area (Å²) in [6, 6.07) is 0. The third-order valence-corrected chi connectivity index (χ3v) is 1.54. The van der Waals surface area contributed by atoms with Crippen molar-refractivity contribution in [1.82, 2.24) is 0 Å². The molecule has 0 amide bonds. The number of hydrogen-bond donors (Lipinski definition) is 1. The summed E-state index contributed by atoms with van der Waals surface area (Å²) in [6.07, 6.45) is 3.75. The molecular weight excluding hydrogens is 220 g/mol. The highest BCUT2D eigenvalue weighted by molar-refractivity contribution is 5.85. The number of carboxylic acid groups (broad SMARTS) is 1. The summed E-state index contributed by atoms with van der Waals surface area (Å²) < 4.78 is 4.58. The minimum Gasteiger partial charge on any atom is -0.478 e. The zero-order valence-corrected chi connectivity index (χ0v) is 11.0. The summed E-state index contributed by atoms with van der Waals surface area (Å²) in [4.78, 5) is 20.4. The zero-order chi connectivity index (χ0) is 13.8. The molecule has 0 atom stereocenters. The minimum atomic E-state index is -0.830. The molecule has 0 bridgehead atoms. The van der Waals surface area contributed by atoms with Crippen LogP contribution in [-0.2, 0) is 14.3 Å². The second-order valence-electron chi connectivity index (χ2n) is 3.77. The summed E-state index contributed by atoms with van der Waals surface area (Å²) in [6.45, 7) is 11.2. The van der Waals surface area contributed by atoms with Crippen LogP contribution in [0.1, 0.15) is 34.1 Å². The fraction of sp³-hybridized carbons (Fsp3) is 0.538. The van der Waals surface area contributed by atoms with Gasteiger partial charge < -0.3 is 9.84 Å². The lowest BCUT2D eigenvalue weighted by Gasteiger charge is -1.95. The molecule has 0 saturated heterocycles. The Morgan fingerprint density at radius 1 is 1.41 bits per heavy atom. The molecule has 4 nitrogen and oxygen atoms in total. The normalized spacial score (nSPS) is 10.3. The first-order valence-electron chi connectivity index (χ1n) is 5.56. The summed E-state index contributed by atoms with van der Waals surface area (Å²) in [5.41, 5.74) is 0.421. The smallest absolute Gasteiger partial charge is 0.330 e. The first-order valence-corrected chi connectivity index (χ1v) is 5.56. The van der Waals surface area contributed by atoms with E-state index >= 15 is 0 Å². The number of carbonyl (C=O) groups excluding carboxylic acids is 1. The van der Waals surface area contributed by atoms with Crippen molar-refractivity contribution in [3.8, 4) is 0 Å². The van der Waals surface area contributed by atoms with Crippen molar-refractivity contribution in [2.75, 3.05) is 6.61 Å². The highest BCUT2D eigenvalue weighted by atomic mass is 16.5. The van der Waals surface area contributed by atoms with Crippen molar-refractivity contribution >= 4 is 11.9 Å². The standard InChI is InChI=1S/C7H12O2.C6H10O2/c1-5(2)4-6(3)7(8)9;1-3-5-8-6(7)4-2/h4-5H,1-3H3,(H,8,9);4H,2-3,5H2,1H3. The van der Waals surface area contributed by atoms with Crippen LogP contribution in [0, 0.1) is 5.92 Å². The van der Waals surface area contributed by atoms with Crippen molar-refractivity contribution < 1.29 is 19.4 Å². The van der Waals surface area contributed by atoms with Crippen LogP contribution in [0.4, 0.5) is 0 Å². The van der Waals surface area contributed by atoms with Gasteiger partial charge in [-0.2, -0.15) is 0 Å². The molecule has 0 spiro atoms. The Kier molecular flexibility index (Phi) is 11.4. The number of carbonyl (C=O) groups is 2. The van der Waals surface area contributed by atoms with Crippen molar-refractivity contribution in [1.29, 1.82) is 0 Å². The number of carboxylic acids is 1. The summed E-state index contributed by atoms with van der Waals surface area (Å²) in [5, 5.41) is 8.36. The van der Waals surface area contributed by atoms with E-state index in [1.165, 1.54) is 0 Å². The van der Waals surface area contributed by atoms with Crippen LogP contribution in [0.2, 0.25) is 0 Å². The number of rotatable bonds is 5. The molecule has 0 aromatic carbocycles. The monoisotopic (exact) mass is 242 g/mol. The molecular formula is C13H22O4. The van der Waals surface area contributed by atoms with Crippen molar-refractivity contribution in [2.24, 2.45) is 5.92 Å². The second kappa shape index (κ2) is 10.9. The second-order valence-corrected chi connectivity index (χ2v) is 3.77. The van der Waals surface area contributed by atoms with E-state index in [0.717, 1.165) is 12.5 Å². The Morgan fingerprint density at radius 3 is 2.18 bits per heavy atom. The Labute approximate surface area is 103 Å². The van der Waals surface area contributed by atoms with Crippen molar-refractivity contribution in [3.05, 3.63) is 24.3 Å². The van der Waals surface area contributed by atoms with Crippen LogP contribution in [0.3, 0.4) is 0 Å². The first kappa shape index (κ1) is 17.8. The molecule has 98 valence electrons. The molecule has 17 heavy (non-hydrogen) atoms. The van der Waals surface area contributed by atoms with Gasteiger partial charge >= 0.3 is 11.9 Å². The lowest BCUT2D eigenvalue weighted by atomic mass is 10.1. The van der Waals surface area contributed by atoms with Crippen LogP contribution in [-0.4, -0.2) is 23.7 Å². The van der Waals surface area contributed by atoms with Gasteiger partial charge in [-0.15, -0.1) is 0 Å². The molecule has 0 aromatic heterocycles. The van der Waals surface area contributed by atoms with E-state index in [-0.39, 0.29) is 5.97 Å². The highest BCUT2D eigenvalue weighted by Gasteiger charge is 1.98. The van der Waals surface area contributed by atoms with Crippen molar-refractivity contribution in [3.63, 3.8) is 0 Å². The predicted octanol–water partition coefficient (Wildman–Crippen LogP) is 2.80. The molecule has 0 fully saturated rings. The molecule has 0 aromatic rings. The molecule has 0 heterocycles. The van der Waals surface area contributed by atoms with Gasteiger partial charge in [-0.3, -0.25) is 0 Å². The molecule has 0 rings (SSSR count). The van der Waals surface area contributed by atoms with Gasteiger partial charge in [0, 0.05) is 11.6 Å². The van der Waals surface area contributed by atoms with Crippen LogP contribution in [0.25, 0.3) is 0 Å². The van der Waals surface area contributed by atoms with Crippen LogP contribution in [0.15, 0.2) is 24.3 Å². The highest BCUT2D eigenvalue weighted by Crippen LogP contribution is 2.00. The van der Waals surface area contributed by atoms with Gasteiger partial charge in [0.1, 0.15) is 0 Å². The summed E-state index contributed by atoms with van der Waals surface area (Å²) >= 11 is 0. The van der Waals surface area contributed by atoms with Gasteiger partial charge in [0.25, 0.3) is 0 Å². The molecule has 0 aliphatic heterocycles. The third-order valence-electron chi connectivity index (χ3n) is 1.54. The molecule has 0 aliphatic carbocycles. The van der Waals surface area contributed by atoms with E-state index in [4.69, 9.17) is 5.11 Å². The number of allylic oxidation sites excluding steroid dienone is 1. The maximum Gasteiger partial charge on any atom is 0.330 e. The Bertz CT molecular complexity index is 277. The molecule has 0 radical (unpaired) electrons. The van der Waals surface area contributed by atoms with Gasteiger partial charge in [-0.25, -0.2) is 9.59 Å². The molecule has 0 aliphatic rings. The minimum absolute atomic E-state index is 0.320. The van der Waals surface area contributed by atoms with Gasteiger partial charge in [0.15, 0.2) is 0 Å². The zero-order valence-electron chi connectivity index (χ0n) is 11.0. The fourth-order valence-electron chi connectivity index (χ4n) is 0.833. The van der Waals surface area contributed by atoms with E-state index in [2.05, 4.69) is 11.3 Å². The molecule has 4 heteroatoms. The predicted molar refractivity (Wildman–Crippen MR) is 67.7 cm³/mol. The van der Waals surface area contributed by atoms with E-state index in [9.17, 15) is 9.59 Å². The Morgan fingerprint density at radius 2 is 1.94 bits per heavy atom.